The molecular weight excluding hydrogens is 282 g/mol. The van der Waals surface area contributed by atoms with Gasteiger partial charge in [0.25, 0.3) is 0 Å². The van der Waals surface area contributed by atoms with E-state index in [0.717, 1.165) is 31.4 Å². The van der Waals surface area contributed by atoms with Crippen LogP contribution < -0.4 is 0 Å². The Kier molecular flexibility index (Phi) is 11.9. The van der Waals surface area contributed by atoms with Crippen LogP contribution >= 0.6 is 0 Å². The van der Waals surface area contributed by atoms with Crippen molar-refractivity contribution in [1.82, 2.24) is 4.98 Å². The van der Waals surface area contributed by atoms with Crippen molar-refractivity contribution < 1.29 is 4.79 Å². The van der Waals surface area contributed by atoms with Gasteiger partial charge in [0.05, 0.1) is 5.69 Å². The number of nitrogens with one attached hydrogen (secondary N) is 1. The van der Waals surface area contributed by atoms with Gasteiger partial charge in [-0.3, -0.25) is 4.79 Å². The van der Waals surface area contributed by atoms with E-state index >= 15 is 0 Å². The predicted octanol–water partition coefficient (Wildman–Crippen LogP) is 6.62. The number of rotatable bonds is 14. The summed E-state index contributed by atoms with van der Waals surface area (Å²) >= 11 is 0. The highest BCUT2D eigenvalue weighted by atomic mass is 16.1. The Bertz CT molecular complexity index is 442. The lowest BCUT2D eigenvalue weighted by molar-refractivity contribution is 0.0975. The molecule has 0 amide bonds. The van der Waals surface area contributed by atoms with Gasteiger partial charge in [-0.05, 0) is 50.7 Å². The van der Waals surface area contributed by atoms with Crippen LogP contribution in [-0.4, -0.2) is 10.8 Å². The van der Waals surface area contributed by atoms with Gasteiger partial charge in [-0.25, -0.2) is 0 Å². The third-order valence-electron chi connectivity index (χ3n) is 4.00. The van der Waals surface area contributed by atoms with Crippen LogP contribution in [0.2, 0.25) is 0 Å². The van der Waals surface area contributed by atoms with Crippen LogP contribution in [0.1, 0.15) is 88.0 Å². The molecule has 0 bridgehead atoms. The summed E-state index contributed by atoms with van der Waals surface area (Å²) in [7, 11) is 0. The average molecular weight is 316 g/mol. The van der Waals surface area contributed by atoms with E-state index in [4.69, 9.17) is 0 Å². The molecule has 0 aliphatic heterocycles. The maximum atomic E-state index is 11.8. The third kappa shape index (κ3) is 10.7. The van der Waals surface area contributed by atoms with E-state index in [9.17, 15) is 4.79 Å². The van der Waals surface area contributed by atoms with E-state index in [1.54, 1.807) is 6.20 Å². The quantitative estimate of drug-likeness (QED) is 0.233. The molecule has 0 aliphatic rings. The van der Waals surface area contributed by atoms with E-state index in [1.807, 2.05) is 12.1 Å². The Morgan fingerprint density at radius 3 is 2.30 bits per heavy atom. The van der Waals surface area contributed by atoms with Crippen molar-refractivity contribution in [2.75, 3.05) is 0 Å². The van der Waals surface area contributed by atoms with Crippen LogP contribution in [-0.2, 0) is 0 Å². The van der Waals surface area contributed by atoms with Crippen molar-refractivity contribution >= 4 is 5.78 Å². The molecule has 0 unspecified atom stereocenters. The number of unbranched alkanes of at least 4 members (excludes halogenated alkanes) is 7. The van der Waals surface area contributed by atoms with Gasteiger partial charge in [0, 0.05) is 12.6 Å². The number of allylic oxidation sites excluding steroid dienone is 4. The van der Waals surface area contributed by atoms with Gasteiger partial charge in [0.2, 0.25) is 0 Å². The Labute approximate surface area is 142 Å². The fraction of sp³-hybridized carbons (Fsp3) is 0.571. The minimum Gasteiger partial charge on any atom is -0.359 e. The SMILES string of the molecule is CCCCC/C=C\C/C=C\CCCCCCC(=O)c1ccc[nH]1. The third-order valence-corrected chi connectivity index (χ3v) is 4.00. The van der Waals surface area contributed by atoms with Crippen molar-refractivity contribution in [3.8, 4) is 0 Å². The van der Waals surface area contributed by atoms with Crippen LogP contribution in [0.3, 0.4) is 0 Å². The molecule has 0 radical (unpaired) electrons. The van der Waals surface area contributed by atoms with Gasteiger partial charge < -0.3 is 4.98 Å². The molecule has 1 heterocycles. The summed E-state index contributed by atoms with van der Waals surface area (Å²) in [4.78, 5) is 14.7. The molecule has 2 heteroatoms. The van der Waals surface area contributed by atoms with Crippen molar-refractivity contribution in [2.24, 2.45) is 0 Å². The first-order valence-corrected chi connectivity index (χ1v) is 9.31. The highest BCUT2D eigenvalue weighted by Crippen LogP contribution is 2.09. The molecule has 0 atom stereocenters. The number of hydrogen-bond acceptors (Lipinski definition) is 1. The molecule has 1 aromatic heterocycles. The van der Waals surface area contributed by atoms with Crippen LogP contribution in [0, 0.1) is 0 Å². The second kappa shape index (κ2) is 14.0. The van der Waals surface area contributed by atoms with E-state index in [1.165, 1.54) is 38.5 Å². The summed E-state index contributed by atoms with van der Waals surface area (Å²) in [6, 6.07) is 3.73. The second-order valence-electron chi connectivity index (χ2n) is 6.13. The topological polar surface area (TPSA) is 32.9 Å². The standard InChI is InChI=1S/C21H33NO/c1-2-3-4-5-6-7-8-9-10-11-12-13-14-15-18-21(23)20-17-16-19-22-20/h6-7,9-10,16-17,19,22H,2-5,8,11-15,18H2,1H3/b7-6-,10-9-. The van der Waals surface area contributed by atoms with Crippen molar-refractivity contribution in [2.45, 2.75) is 77.6 Å². The molecule has 0 aromatic carbocycles. The van der Waals surface area contributed by atoms with E-state index in [0.29, 0.717) is 6.42 Å². The Morgan fingerprint density at radius 2 is 1.65 bits per heavy atom. The molecule has 0 aliphatic carbocycles. The Hall–Kier alpha value is -1.57. The number of hydrogen-bond donors (Lipinski definition) is 1. The van der Waals surface area contributed by atoms with Crippen molar-refractivity contribution in [3.63, 3.8) is 0 Å². The number of ketones is 1. The molecule has 23 heavy (non-hydrogen) atoms. The van der Waals surface area contributed by atoms with E-state index < -0.39 is 0 Å². The van der Waals surface area contributed by atoms with Crippen molar-refractivity contribution in [1.29, 1.82) is 0 Å². The fourth-order valence-corrected chi connectivity index (χ4v) is 2.56. The summed E-state index contributed by atoms with van der Waals surface area (Å²) in [6.45, 7) is 2.24. The number of H-pyrrole nitrogens is 1. The zero-order valence-corrected chi connectivity index (χ0v) is 14.7. The second-order valence-corrected chi connectivity index (χ2v) is 6.13. The minimum absolute atomic E-state index is 0.237. The summed E-state index contributed by atoms with van der Waals surface area (Å²) in [5.41, 5.74) is 0.746. The molecule has 1 rings (SSSR count). The van der Waals surface area contributed by atoms with Gasteiger partial charge >= 0.3 is 0 Å². The van der Waals surface area contributed by atoms with Gasteiger partial charge in [0.15, 0.2) is 5.78 Å². The maximum absolute atomic E-state index is 11.8. The Balaban J connectivity index is 1.87. The molecular formula is C21H33NO. The largest absolute Gasteiger partial charge is 0.359 e. The summed E-state index contributed by atoms with van der Waals surface area (Å²) < 4.78 is 0. The van der Waals surface area contributed by atoms with Gasteiger partial charge in [-0.1, -0.05) is 56.9 Å². The van der Waals surface area contributed by atoms with Crippen LogP contribution in [0.5, 0.6) is 0 Å². The maximum Gasteiger partial charge on any atom is 0.178 e. The number of carbonyl (C=O) groups excluding carboxylic acids is 1. The van der Waals surface area contributed by atoms with Crippen LogP contribution in [0.4, 0.5) is 0 Å². The molecule has 0 saturated heterocycles. The number of Topliss-reactive ketones (excluding diaryl/α,β-unsaturated/α-hetero) is 1. The molecule has 2 nitrogen and oxygen atoms in total. The molecule has 0 saturated carbocycles. The first kappa shape index (κ1) is 19.5. The lowest BCUT2D eigenvalue weighted by atomic mass is 10.1. The van der Waals surface area contributed by atoms with Gasteiger partial charge in [0.1, 0.15) is 0 Å². The number of carbonyl (C=O) groups is 1. The molecule has 1 N–H and O–H groups in total. The zero-order chi connectivity index (χ0) is 16.6. The highest BCUT2D eigenvalue weighted by Gasteiger charge is 2.04. The molecule has 128 valence electrons. The molecule has 1 aromatic rings. The minimum atomic E-state index is 0.237. The van der Waals surface area contributed by atoms with Crippen LogP contribution in [0.15, 0.2) is 42.6 Å². The predicted molar refractivity (Wildman–Crippen MR) is 99.9 cm³/mol. The lowest BCUT2D eigenvalue weighted by Gasteiger charge is -1.99. The highest BCUT2D eigenvalue weighted by molar-refractivity contribution is 5.94. The van der Waals surface area contributed by atoms with Crippen LogP contribution in [0.25, 0.3) is 0 Å². The lowest BCUT2D eigenvalue weighted by Crippen LogP contribution is -1.98. The summed E-state index contributed by atoms with van der Waals surface area (Å²) in [5.74, 6) is 0.237. The normalized spacial score (nSPS) is 11.7. The smallest absolute Gasteiger partial charge is 0.178 e. The first-order valence-electron chi connectivity index (χ1n) is 9.31. The zero-order valence-electron chi connectivity index (χ0n) is 14.7. The summed E-state index contributed by atoms with van der Waals surface area (Å²) in [6.07, 6.45) is 23.6. The molecule has 0 spiro atoms. The number of aromatic amines is 1. The van der Waals surface area contributed by atoms with E-state index in [-0.39, 0.29) is 5.78 Å². The monoisotopic (exact) mass is 315 g/mol. The van der Waals surface area contributed by atoms with Gasteiger partial charge in [-0.15, -0.1) is 0 Å². The first-order chi connectivity index (χ1) is 11.3. The summed E-state index contributed by atoms with van der Waals surface area (Å²) in [5, 5.41) is 0. The average Bonchev–Trinajstić information content (AvgIpc) is 3.09. The fourth-order valence-electron chi connectivity index (χ4n) is 2.56. The Morgan fingerprint density at radius 1 is 0.957 bits per heavy atom. The van der Waals surface area contributed by atoms with E-state index in [2.05, 4.69) is 36.2 Å². The van der Waals surface area contributed by atoms with Crippen molar-refractivity contribution in [3.05, 3.63) is 48.3 Å². The molecule has 0 fully saturated rings. The number of aromatic nitrogens is 1. The van der Waals surface area contributed by atoms with Gasteiger partial charge in [-0.2, -0.15) is 0 Å².